The fraction of sp³-hybridized carbons (Fsp3) is 0.385. The maximum atomic E-state index is 11.3. The van der Waals surface area contributed by atoms with Crippen molar-refractivity contribution in [1.82, 2.24) is 0 Å². The smallest absolute Gasteiger partial charge is 0.374 e. The average molecular weight is 233 g/mol. The first-order valence-corrected chi connectivity index (χ1v) is 5.77. The molecule has 0 fully saturated rings. The van der Waals surface area contributed by atoms with Gasteiger partial charge in [-0.3, -0.25) is 4.79 Å². The summed E-state index contributed by atoms with van der Waals surface area (Å²) in [6.07, 6.45) is 3.06. The van der Waals surface area contributed by atoms with Gasteiger partial charge in [0, 0.05) is 12.2 Å². The number of aliphatic carboxylic acids is 1. The number of nitrogens with zero attached hydrogens (tertiary/aromatic N) is 1. The molecule has 0 saturated carbocycles. The van der Waals surface area contributed by atoms with Crippen molar-refractivity contribution in [2.45, 2.75) is 19.3 Å². The third kappa shape index (κ3) is 2.64. The zero-order chi connectivity index (χ0) is 12.3. The number of carboxylic acid groups (broad SMARTS) is 1. The summed E-state index contributed by atoms with van der Waals surface area (Å²) in [5.41, 5.74) is 2.20. The van der Waals surface area contributed by atoms with E-state index in [1.54, 1.807) is 0 Å². The van der Waals surface area contributed by atoms with Gasteiger partial charge in [-0.05, 0) is 30.9 Å². The van der Waals surface area contributed by atoms with Crippen molar-refractivity contribution in [3.05, 3.63) is 29.8 Å². The number of carbonyl (C=O) groups excluding carboxylic acids is 1. The van der Waals surface area contributed by atoms with E-state index in [9.17, 15) is 9.59 Å². The molecule has 1 aromatic carbocycles. The highest BCUT2D eigenvalue weighted by molar-refractivity contribution is 6.34. The number of ketones is 1. The number of rotatable bonds is 3. The van der Waals surface area contributed by atoms with Gasteiger partial charge in [0.25, 0.3) is 5.78 Å². The van der Waals surface area contributed by atoms with Crippen LogP contribution in [0.1, 0.15) is 18.4 Å². The number of benzene rings is 1. The zero-order valence-corrected chi connectivity index (χ0v) is 9.56. The highest BCUT2D eigenvalue weighted by atomic mass is 16.4. The molecule has 0 radical (unpaired) electrons. The van der Waals surface area contributed by atoms with E-state index in [4.69, 9.17) is 5.11 Å². The number of carboxylic acids is 1. The van der Waals surface area contributed by atoms with Crippen molar-refractivity contribution in [1.29, 1.82) is 0 Å². The SMILES string of the molecule is O=C(O)C(=O)CN1CCCCc2ccccc21. The van der Waals surface area contributed by atoms with E-state index in [1.165, 1.54) is 5.56 Å². The lowest BCUT2D eigenvalue weighted by Gasteiger charge is -2.23. The Kier molecular flexibility index (Phi) is 3.42. The molecule has 4 heteroatoms. The van der Waals surface area contributed by atoms with Crippen LogP contribution in [0.4, 0.5) is 5.69 Å². The molecule has 1 N–H and O–H groups in total. The van der Waals surface area contributed by atoms with Gasteiger partial charge >= 0.3 is 5.97 Å². The monoisotopic (exact) mass is 233 g/mol. The molecule has 1 aliphatic rings. The minimum atomic E-state index is -1.35. The highest BCUT2D eigenvalue weighted by Crippen LogP contribution is 2.25. The molecule has 4 nitrogen and oxygen atoms in total. The Labute approximate surface area is 99.9 Å². The lowest BCUT2D eigenvalue weighted by Crippen LogP contribution is -2.34. The molecule has 0 saturated heterocycles. The molecule has 1 heterocycles. The fourth-order valence-corrected chi connectivity index (χ4v) is 2.17. The zero-order valence-electron chi connectivity index (χ0n) is 9.56. The summed E-state index contributed by atoms with van der Waals surface area (Å²) in [5.74, 6) is -2.10. The fourth-order valence-electron chi connectivity index (χ4n) is 2.17. The molecule has 0 unspecified atom stereocenters. The van der Waals surface area contributed by atoms with E-state index in [1.807, 2.05) is 29.2 Å². The van der Waals surface area contributed by atoms with Crippen molar-refractivity contribution in [2.75, 3.05) is 18.0 Å². The van der Waals surface area contributed by atoms with Crippen molar-refractivity contribution in [2.24, 2.45) is 0 Å². The minimum Gasteiger partial charge on any atom is -0.475 e. The van der Waals surface area contributed by atoms with Crippen LogP contribution in [0.25, 0.3) is 0 Å². The molecule has 17 heavy (non-hydrogen) atoms. The third-order valence-electron chi connectivity index (χ3n) is 3.03. The first-order valence-electron chi connectivity index (χ1n) is 5.77. The van der Waals surface area contributed by atoms with Crippen LogP contribution in [0.15, 0.2) is 24.3 Å². The van der Waals surface area contributed by atoms with Gasteiger partial charge in [-0.15, -0.1) is 0 Å². The normalized spacial score (nSPS) is 14.9. The Bertz CT molecular complexity index is 442. The van der Waals surface area contributed by atoms with Gasteiger partial charge in [0.15, 0.2) is 0 Å². The molecule has 90 valence electrons. The molecular formula is C13H15NO3. The van der Waals surface area contributed by atoms with Crippen LogP contribution in [0.5, 0.6) is 0 Å². The molecule has 1 aliphatic heterocycles. The second-order valence-corrected chi connectivity index (χ2v) is 4.24. The van der Waals surface area contributed by atoms with Crippen LogP contribution < -0.4 is 4.90 Å². The first kappa shape index (κ1) is 11.6. The van der Waals surface area contributed by atoms with Gasteiger partial charge in [0.05, 0.1) is 6.54 Å². The summed E-state index contributed by atoms with van der Waals surface area (Å²) in [5, 5.41) is 8.65. The predicted molar refractivity (Wildman–Crippen MR) is 64.2 cm³/mol. The second kappa shape index (κ2) is 4.99. The van der Waals surface area contributed by atoms with Crippen LogP contribution in [0.2, 0.25) is 0 Å². The van der Waals surface area contributed by atoms with Gasteiger partial charge in [0.1, 0.15) is 0 Å². The standard InChI is InChI=1S/C13H15NO3/c15-12(13(16)17)9-14-8-4-3-6-10-5-1-2-7-11(10)14/h1-2,5,7H,3-4,6,8-9H2,(H,16,17). The van der Waals surface area contributed by atoms with E-state index >= 15 is 0 Å². The van der Waals surface area contributed by atoms with E-state index in [-0.39, 0.29) is 6.54 Å². The summed E-state index contributed by atoms with van der Waals surface area (Å²) in [7, 11) is 0. The van der Waals surface area contributed by atoms with Crippen LogP contribution >= 0.6 is 0 Å². The van der Waals surface area contributed by atoms with Gasteiger partial charge in [-0.25, -0.2) is 4.79 Å². The molecule has 2 rings (SSSR count). The van der Waals surface area contributed by atoms with E-state index < -0.39 is 11.8 Å². The Morgan fingerprint density at radius 1 is 1.24 bits per heavy atom. The van der Waals surface area contributed by atoms with Crippen molar-refractivity contribution >= 4 is 17.4 Å². The summed E-state index contributed by atoms with van der Waals surface area (Å²) in [4.78, 5) is 23.8. The summed E-state index contributed by atoms with van der Waals surface area (Å²) < 4.78 is 0. The first-order chi connectivity index (χ1) is 8.18. The number of anilines is 1. The predicted octanol–water partition coefficient (Wildman–Crippen LogP) is 1.48. The molecule has 0 amide bonds. The van der Waals surface area contributed by atoms with Gasteiger partial charge in [-0.1, -0.05) is 18.2 Å². The third-order valence-corrected chi connectivity index (χ3v) is 3.03. The lowest BCUT2D eigenvalue weighted by molar-refractivity contribution is -0.148. The van der Waals surface area contributed by atoms with Crippen molar-refractivity contribution in [3.63, 3.8) is 0 Å². The number of hydrogen-bond donors (Lipinski definition) is 1. The largest absolute Gasteiger partial charge is 0.475 e. The maximum absolute atomic E-state index is 11.3. The number of aryl methyl sites for hydroxylation is 1. The summed E-state index contributed by atoms with van der Waals surface area (Å²) >= 11 is 0. The number of Topliss-reactive ketones (excluding diaryl/α,β-unsaturated/α-hetero) is 1. The highest BCUT2D eigenvalue weighted by Gasteiger charge is 2.20. The Morgan fingerprint density at radius 2 is 2.00 bits per heavy atom. The lowest BCUT2D eigenvalue weighted by atomic mass is 10.1. The average Bonchev–Trinajstić information content (AvgIpc) is 2.52. The van der Waals surface area contributed by atoms with E-state index in [0.29, 0.717) is 0 Å². The Hall–Kier alpha value is -1.84. The quantitative estimate of drug-likeness (QED) is 0.803. The number of fused-ring (bicyclic) bond motifs is 1. The number of carbonyl (C=O) groups is 2. The topological polar surface area (TPSA) is 57.6 Å². The van der Waals surface area contributed by atoms with Gasteiger partial charge in [0.2, 0.25) is 0 Å². The van der Waals surface area contributed by atoms with Gasteiger partial charge in [-0.2, -0.15) is 0 Å². The minimum absolute atomic E-state index is 0.0354. The molecule has 0 bridgehead atoms. The molecule has 1 aromatic rings. The van der Waals surface area contributed by atoms with Crippen LogP contribution in [-0.4, -0.2) is 29.9 Å². The van der Waals surface area contributed by atoms with E-state index in [0.717, 1.165) is 31.5 Å². The van der Waals surface area contributed by atoms with Crippen LogP contribution in [0.3, 0.4) is 0 Å². The number of hydrogen-bond acceptors (Lipinski definition) is 3. The summed E-state index contributed by atoms with van der Waals surface area (Å²) in [6.45, 7) is 0.711. The van der Waals surface area contributed by atoms with Gasteiger partial charge < -0.3 is 10.0 Å². The Balaban J connectivity index is 2.23. The van der Waals surface area contributed by atoms with E-state index in [2.05, 4.69) is 0 Å². The van der Waals surface area contributed by atoms with Crippen molar-refractivity contribution < 1.29 is 14.7 Å². The molecule has 0 aromatic heterocycles. The molecule has 0 spiro atoms. The Morgan fingerprint density at radius 3 is 2.76 bits per heavy atom. The number of para-hydroxylation sites is 1. The van der Waals surface area contributed by atoms with Crippen molar-refractivity contribution in [3.8, 4) is 0 Å². The molecule has 0 atom stereocenters. The van der Waals surface area contributed by atoms with Crippen LogP contribution in [0, 0.1) is 0 Å². The maximum Gasteiger partial charge on any atom is 0.374 e. The summed E-state index contributed by atoms with van der Waals surface area (Å²) in [6, 6.07) is 7.89. The molecule has 0 aliphatic carbocycles. The molecular weight excluding hydrogens is 218 g/mol. The van der Waals surface area contributed by atoms with Crippen LogP contribution in [-0.2, 0) is 16.0 Å². The second-order valence-electron chi connectivity index (χ2n) is 4.24.